The third-order valence-corrected chi connectivity index (χ3v) is 3.17. The van der Waals surface area contributed by atoms with Crippen LogP contribution in [0.5, 0.6) is 17.4 Å². The average molecular weight is 272 g/mol. The van der Waals surface area contributed by atoms with E-state index < -0.39 is 0 Å². The lowest BCUT2D eigenvalue weighted by atomic mass is 10.1. The highest BCUT2D eigenvalue weighted by Crippen LogP contribution is 2.32. The van der Waals surface area contributed by atoms with Crippen molar-refractivity contribution >= 4 is 0 Å². The summed E-state index contributed by atoms with van der Waals surface area (Å²) in [6.45, 7) is 4.53. The molecule has 0 unspecified atom stereocenters. The maximum absolute atomic E-state index is 5.85. The van der Waals surface area contributed by atoms with E-state index in [1.165, 1.54) is 5.56 Å². The van der Waals surface area contributed by atoms with Gasteiger partial charge >= 0.3 is 0 Å². The van der Waals surface area contributed by atoms with E-state index in [1.54, 1.807) is 13.3 Å². The number of hydrogen-bond acceptors (Lipinski definition) is 4. The van der Waals surface area contributed by atoms with Crippen LogP contribution in [0.3, 0.4) is 0 Å². The Morgan fingerprint density at radius 2 is 1.95 bits per heavy atom. The van der Waals surface area contributed by atoms with Crippen molar-refractivity contribution in [3.63, 3.8) is 0 Å². The van der Waals surface area contributed by atoms with Gasteiger partial charge in [-0.1, -0.05) is 13.0 Å². The quantitative estimate of drug-likeness (QED) is 0.908. The number of aryl methyl sites for hydroxylation is 2. The van der Waals surface area contributed by atoms with Gasteiger partial charge in [0.05, 0.1) is 7.11 Å². The largest absolute Gasteiger partial charge is 0.493 e. The van der Waals surface area contributed by atoms with Crippen molar-refractivity contribution in [2.24, 2.45) is 5.73 Å². The molecule has 0 amide bonds. The number of pyridine rings is 1. The van der Waals surface area contributed by atoms with E-state index in [2.05, 4.69) is 11.9 Å². The fourth-order valence-corrected chi connectivity index (χ4v) is 1.96. The first-order chi connectivity index (χ1) is 9.67. The van der Waals surface area contributed by atoms with Crippen LogP contribution in [0.15, 0.2) is 30.5 Å². The van der Waals surface area contributed by atoms with Crippen molar-refractivity contribution in [2.75, 3.05) is 7.11 Å². The highest BCUT2D eigenvalue weighted by atomic mass is 16.5. The van der Waals surface area contributed by atoms with Gasteiger partial charge in [-0.25, -0.2) is 4.98 Å². The molecule has 0 fully saturated rings. The molecule has 0 radical (unpaired) electrons. The van der Waals surface area contributed by atoms with Gasteiger partial charge in [0.2, 0.25) is 5.88 Å². The number of benzene rings is 1. The van der Waals surface area contributed by atoms with Gasteiger partial charge in [-0.15, -0.1) is 0 Å². The molecule has 0 saturated carbocycles. The van der Waals surface area contributed by atoms with Crippen LogP contribution in [0.2, 0.25) is 0 Å². The molecule has 1 aromatic carbocycles. The first kappa shape index (κ1) is 14.3. The number of methoxy groups -OCH3 is 1. The van der Waals surface area contributed by atoms with Gasteiger partial charge in [-0.2, -0.15) is 0 Å². The van der Waals surface area contributed by atoms with E-state index in [-0.39, 0.29) is 0 Å². The third kappa shape index (κ3) is 3.08. The summed E-state index contributed by atoms with van der Waals surface area (Å²) in [7, 11) is 1.64. The van der Waals surface area contributed by atoms with Crippen LogP contribution in [0.1, 0.15) is 23.6 Å². The van der Waals surface area contributed by atoms with Gasteiger partial charge in [0.25, 0.3) is 0 Å². The highest BCUT2D eigenvalue weighted by Gasteiger charge is 2.09. The Kier molecular flexibility index (Phi) is 4.58. The van der Waals surface area contributed by atoms with Crippen LogP contribution in [0.4, 0.5) is 0 Å². The fraction of sp³-hybridized carbons (Fsp3) is 0.312. The van der Waals surface area contributed by atoms with Crippen molar-refractivity contribution in [1.82, 2.24) is 4.98 Å². The van der Waals surface area contributed by atoms with E-state index in [1.807, 2.05) is 31.2 Å². The maximum atomic E-state index is 5.85. The molecule has 4 nitrogen and oxygen atoms in total. The lowest BCUT2D eigenvalue weighted by Crippen LogP contribution is -2.00. The molecular formula is C16H20N2O2. The molecule has 0 bridgehead atoms. The summed E-state index contributed by atoms with van der Waals surface area (Å²) in [5.74, 6) is 1.96. The van der Waals surface area contributed by atoms with E-state index >= 15 is 0 Å². The SMILES string of the molecule is CCc1ccc(Oc2ncc(CN)cc2C)c(OC)c1. The molecule has 2 N–H and O–H groups in total. The molecule has 4 heteroatoms. The third-order valence-electron chi connectivity index (χ3n) is 3.17. The summed E-state index contributed by atoms with van der Waals surface area (Å²) in [4.78, 5) is 4.30. The molecule has 0 aliphatic rings. The fourth-order valence-electron chi connectivity index (χ4n) is 1.96. The minimum atomic E-state index is 0.475. The standard InChI is InChI=1S/C16H20N2O2/c1-4-12-5-6-14(15(8-12)19-3)20-16-11(2)7-13(9-17)10-18-16/h5-8,10H,4,9,17H2,1-3H3. The molecule has 2 aromatic rings. The second kappa shape index (κ2) is 6.39. The predicted octanol–water partition coefficient (Wildman–Crippen LogP) is 3.21. The summed E-state index contributed by atoms with van der Waals surface area (Å²) < 4.78 is 11.2. The average Bonchev–Trinajstić information content (AvgIpc) is 2.49. The minimum absolute atomic E-state index is 0.475. The molecule has 0 spiro atoms. The molecule has 20 heavy (non-hydrogen) atoms. The number of nitrogens with zero attached hydrogens (tertiary/aromatic N) is 1. The van der Waals surface area contributed by atoms with Crippen LogP contribution >= 0.6 is 0 Å². The Balaban J connectivity index is 2.29. The zero-order valence-corrected chi connectivity index (χ0v) is 12.1. The van der Waals surface area contributed by atoms with E-state index in [0.29, 0.717) is 23.9 Å². The number of hydrogen-bond donors (Lipinski definition) is 1. The summed E-state index contributed by atoms with van der Waals surface area (Å²) in [6, 6.07) is 7.91. The summed E-state index contributed by atoms with van der Waals surface area (Å²) in [5, 5.41) is 0. The summed E-state index contributed by atoms with van der Waals surface area (Å²) in [5.41, 5.74) is 8.75. The molecular weight excluding hydrogens is 252 g/mol. The Bertz CT molecular complexity index is 597. The molecule has 1 heterocycles. The number of ether oxygens (including phenoxy) is 2. The van der Waals surface area contributed by atoms with Gasteiger partial charge < -0.3 is 15.2 Å². The van der Waals surface area contributed by atoms with Crippen LogP contribution in [-0.2, 0) is 13.0 Å². The molecule has 0 saturated heterocycles. The van der Waals surface area contributed by atoms with Crippen molar-refractivity contribution in [2.45, 2.75) is 26.8 Å². The van der Waals surface area contributed by atoms with Gasteiger partial charge in [-0.05, 0) is 42.7 Å². The first-order valence-corrected chi connectivity index (χ1v) is 6.68. The van der Waals surface area contributed by atoms with Gasteiger partial charge in [-0.3, -0.25) is 0 Å². The minimum Gasteiger partial charge on any atom is -0.493 e. The maximum Gasteiger partial charge on any atom is 0.222 e. The topological polar surface area (TPSA) is 57.4 Å². The van der Waals surface area contributed by atoms with Crippen LogP contribution in [0, 0.1) is 6.92 Å². The molecule has 0 aliphatic heterocycles. The van der Waals surface area contributed by atoms with Crippen LogP contribution < -0.4 is 15.2 Å². The van der Waals surface area contributed by atoms with Crippen LogP contribution in [-0.4, -0.2) is 12.1 Å². The van der Waals surface area contributed by atoms with Crippen molar-refractivity contribution in [3.05, 3.63) is 47.2 Å². The zero-order chi connectivity index (χ0) is 14.5. The highest BCUT2D eigenvalue weighted by molar-refractivity contribution is 5.45. The Labute approximate surface area is 119 Å². The van der Waals surface area contributed by atoms with E-state index in [9.17, 15) is 0 Å². The Morgan fingerprint density at radius 1 is 1.15 bits per heavy atom. The number of nitrogens with two attached hydrogens (primary N) is 1. The monoisotopic (exact) mass is 272 g/mol. The Morgan fingerprint density at radius 3 is 2.55 bits per heavy atom. The second-order valence-corrected chi connectivity index (χ2v) is 4.61. The number of rotatable bonds is 5. The van der Waals surface area contributed by atoms with Crippen LogP contribution in [0.25, 0.3) is 0 Å². The summed E-state index contributed by atoms with van der Waals surface area (Å²) >= 11 is 0. The lowest BCUT2D eigenvalue weighted by Gasteiger charge is -2.12. The Hall–Kier alpha value is -2.07. The lowest BCUT2D eigenvalue weighted by molar-refractivity contribution is 0.372. The van der Waals surface area contributed by atoms with Crippen molar-refractivity contribution in [1.29, 1.82) is 0 Å². The smallest absolute Gasteiger partial charge is 0.222 e. The van der Waals surface area contributed by atoms with Gasteiger partial charge in [0, 0.05) is 18.3 Å². The molecule has 0 aliphatic carbocycles. The predicted molar refractivity (Wildman–Crippen MR) is 79.3 cm³/mol. The molecule has 106 valence electrons. The van der Waals surface area contributed by atoms with Crippen molar-refractivity contribution < 1.29 is 9.47 Å². The molecule has 2 rings (SSSR count). The molecule has 1 aromatic heterocycles. The number of aromatic nitrogens is 1. The van der Waals surface area contributed by atoms with E-state index in [0.717, 1.165) is 17.5 Å². The zero-order valence-electron chi connectivity index (χ0n) is 12.1. The molecule has 0 atom stereocenters. The van der Waals surface area contributed by atoms with Crippen molar-refractivity contribution in [3.8, 4) is 17.4 Å². The van der Waals surface area contributed by atoms with E-state index in [4.69, 9.17) is 15.2 Å². The van der Waals surface area contributed by atoms with Gasteiger partial charge in [0.1, 0.15) is 0 Å². The normalized spacial score (nSPS) is 10.4. The van der Waals surface area contributed by atoms with Gasteiger partial charge in [0.15, 0.2) is 11.5 Å². The first-order valence-electron chi connectivity index (χ1n) is 6.68. The second-order valence-electron chi connectivity index (χ2n) is 4.61. The summed E-state index contributed by atoms with van der Waals surface area (Å²) in [6.07, 6.45) is 2.69.